The van der Waals surface area contributed by atoms with Crippen molar-refractivity contribution in [2.75, 3.05) is 0 Å². The average Bonchev–Trinajstić information content (AvgIpc) is 3.11. The van der Waals surface area contributed by atoms with Crippen molar-refractivity contribution in [3.05, 3.63) is 60.8 Å². The van der Waals surface area contributed by atoms with Crippen LogP contribution in [0.5, 0.6) is 0 Å². The van der Waals surface area contributed by atoms with Crippen molar-refractivity contribution < 1.29 is 15.3 Å². The molecule has 0 spiro atoms. The van der Waals surface area contributed by atoms with Crippen LogP contribution < -0.4 is 0 Å². The summed E-state index contributed by atoms with van der Waals surface area (Å²) in [5.74, 6) is 16.0. The molecule has 0 bridgehead atoms. The van der Waals surface area contributed by atoms with E-state index in [4.69, 9.17) is 12.8 Å². The van der Waals surface area contributed by atoms with Gasteiger partial charge in [-0.05, 0) is 102 Å². The van der Waals surface area contributed by atoms with Gasteiger partial charge in [0.2, 0.25) is 0 Å². The maximum atomic E-state index is 9.88. The lowest BCUT2D eigenvalue weighted by atomic mass is 10.0. The van der Waals surface area contributed by atoms with Gasteiger partial charge in [-0.25, -0.2) is 0 Å². The second-order valence-corrected chi connectivity index (χ2v) is 12.7. The van der Waals surface area contributed by atoms with E-state index in [0.29, 0.717) is 0 Å². The van der Waals surface area contributed by atoms with Gasteiger partial charge in [-0.3, -0.25) is 0 Å². The van der Waals surface area contributed by atoms with Crippen LogP contribution in [-0.2, 0) is 0 Å². The van der Waals surface area contributed by atoms with Gasteiger partial charge < -0.3 is 15.3 Å². The summed E-state index contributed by atoms with van der Waals surface area (Å²) >= 11 is 0. The quantitative estimate of drug-likeness (QED) is 0.0406. The Balaban J connectivity index is 3.48. The lowest BCUT2D eigenvalue weighted by Gasteiger charge is -2.02. The molecule has 0 aromatic heterocycles. The van der Waals surface area contributed by atoms with Gasteiger partial charge >= 0.3 is 0 Å². The van der Waals surface area contributed by atoms with Crippen molar-refractivity contribution >= 4 is 0 Å². The van der Waals surface area contributed by atoms with Crippen LogP contribution in [0.4, 0.5) is 0 Å². The topological polar surface area (TPSA) is 60.7 Å². The molecule has 0 aromatic rings. The fourth-order valence-electron chi connectivity index (χ4n) is 5.17. The fraction of sp³-hybridized carbons (Fsp3) is 0.609. The number of allylic oxidation sites excluding steroid dienone is 8. The van der Waals surface area contributed by atoms with E-state index in [9.17, 15) is 15.3 Å². The minimum Gasteiger partial charge on any atom is -0.377 e. The Morgan fingerprint density at radius 1 is 0.408 bits per heavy atom. The van der Waals surface area contributed by atoms with Gasteiger partial charge in [0.15, 0.2) is 6.10 Å². The largest absolute Gasteiger partial charge is 0.377 e. The average molecular weight is 669 g/mol. The van der Waals surface area contributed by atoms with Gasteiger partial charge in [-0.15, -0.1) is 12.8 Å². The van der Waals surface area contributed by atoms with Crippen molar-refractivity contribution in [3.8, 4) is 48.4 Å². The molecule has 3 nitrogen and oxygen atoms in total. The normalized spacial score (nSPS) is 13.4. The molecule has 3 heteroatoms. The third-order valence-corrected chi connectivity index (χ3v) is 8.13. The van der Waals surface area contributed by atoms with Gasteiger partial charge in [0.1, 0.15) is 12.2 Å². The van der Waals surface area contributed by atoms with E-state index in [1.807, 2.05) is 24.3 Å². The smallest absolute Gasteiger partial charge is 0.176 e. The molecule has 0 rings (SSSR count). The predicted octanol–water partition coefficient (Wildman–Crippen LogP) is 10.9. The molecule has 0 heterocycles. The van der Waals surface area contributed by atoms with Crippen molar-refractivity contribution in [2.45, 2.75) is 179 Å². The lowest BCUT2D eigenvalue weighted by molar-refractivity contribution is 0.280. The van der Waals surface area contributed by atoms with Crippen molar-refractivity contribution in [1.29, 1.82) is 0 Å². The van der Waals surface area contributed by atoms with Crippen LogP contribution in [0.3, 0.4) is 0 Å². The Morgan fingerprint density at radius 2 is 0.776 bits per heavy atom. The number of hydrogen-bond donors (Lipinski definition) is 3. The van der Waals surface area contributed by atoms with Gasteiger partial charge in [0.25, 0.3) is 0 Å². The Morgan fingerprint density at radius 3 is 1.24 bits per heavy atom. The molecule has 49 heavy (non-hydrogen) atoms. The summed E-state index contributed by atoms with van der Waals surface area (Å²) in [7, 11) is 0. The molecule has 0 aliphatic heterocycles. The zero-order chi connectivity index (χ0) is 35.7. The number of rotatable bonds is 30. The second-order valence-electron chi connectivity index (χ2n) is 12.7. The van der Waals surface area contributed by atoms with Gasteiger partial charge in [0.05, 0.1) is 0 Å². The zero-order valence-corrected chi connectivity index (χ0v) is 30.7. The van der Waals surface area contributed by atoms with Crippen LogP contribution in [0.1, 0.15) is 161 Å². The van der Waals surface area contributed by atoms with Crippen LogP contribution >= 0.6 is 0 Å². The van der Waals surface area contributed by atoms with Crippen LogP contribution in [0.15, 0.2) is 60.8 Å². The molecule has 270 valence electrons. The van der Waals surface area contributed by atoms with Gasteiger partial charge in [0, 0.05) is 6.42 Å². The van der Waals surface area contributed by atoms with E-state index in [1.165, 1.54) is 96.3 Å². The third kappa shape index (κ3) is 39.1. The summed E-state index contributed by atoms with van der Waals surface area (Å²) in [5.41, 5.74) is 0. The minimum absolute atomic E-state index is 0.725. The summed E-state index contributed by atoms with van der Waals surface area (Å²) < 4.78 is 0. The third-order valence-electron chi connectivity index (χ3n) is 8.13. The molecule has 0 aliphatic carbocycles. The molecule has 0 radical (unpaired) electrons. The number of aliphatic hydroxyl groups is 3. The Kier molecular flexibility index (Phi) is 36.7. The van der Waals surface area contributed by atoms with Crippen molar-refractivity contribution in [2.24, 2.45) is 0 Å². The molecule has 0 unspecified atom stereocenters. The maximum Gasteiger partial charge on any atom is 0.176 e. The van der Waals surface area contributed by atoms with Crippen LogP contribution in [-0.4, -0.2) is 33.6 Å². The molecule has 0 aliphatic rings. The highest BCUT2D eigenvalue weighted by Crippen LogP contribution is 2.13. The molecular formula is C46H68O3. The van der Waals surface area contributed by atoms with E-state index in [0.717, 1.165) is 64.2 Å². The van der Waals surface area contributed by atoms with E-state index in [2.05, 4.69) is 59.8 Å². The fourth-order valence-corrected chi connectivity index (χ4v) is 5.17. The molecule has 0 aromatic carbocycles. The first-order valence-corrected chi connectivity index (χ1v) is 19.3. The van der Waals surface area contributed by atoms with E-state index >= 15 is 0 Å². The predicted molar refractivity (Wildman–Crippen MR) is 212 cm³/mol. The summed E-state index contributed by atoms with van der Waals surface area (Å²) in [6, 6.07) is 0. The Labute approximate surface area is 302 Å². The first kappa shape index (κ1) is 45.8. The van der Waals surface area contributed by atoms with Crippen LogP contribution in [0.25, 0.3) is 0 Å². The van der Waals surface area contributed by atoms with Crippen LogP contribution in [0, 0.1) is 48.4 Å². The number of terminal acetylenes is 2. The maximum absolute atomic E-state index is 9.88. The van der Waals surface area contributed by atoms with E-state index in [1.54, 1.807) is 12.2 Å². The molecule has 3 N–H and O–H groups in total. The van der Waals surface area contributed by atoms with Crippen LogP contribution in [0.2, 0.25) is 0 Å². The summed E-state index contributed by atoms with van der Waals surface area (Å²) in [6.07, 6.45) is 58.1. The highest BCUT2D eigenvalue weighted by atomic mass is 16.3. The van der Waals surface area contributed by atoms with Gasteiger partial charge in [-0.2, -0.15) is 0 Å². The lowest BCUT2D eigenvalue weighted by Crippen LogP contribution is -1.97. The number of unbranched alkanes of at least 4 members (excludes halogenated alkanes) is 21. The molecule has 3 atom stereocenters. The Hall–Kier alpha value is -3.18. The highest BCUT2D eigenvalue weighted by molar-refractivity contribution is 5.24. The van der Waals surface area contributed by atoms with Crippen molar-refractivity contribution in [1.82, 2.24) is 0 Å². The van der Waals surface area contributed by atoms with Crippen molar-refractivity contribution in [3.63, 3.8) is 0 Å². The summed E-state index contributed by atoms with van der Waals surface area (Å²) in [4.78, 5) is 0. The standard InChI is InChI=1S/C46H68O3/c1-3-44(47)40-36-32-28-24-22-20-18-16-14-12-10-8-6-5-7-9-11-13-15-17-19-21-23-25-30-34-38-42-46(49)43-39-35-31-27-26-29-33-37-41-45(48)4-2/h1-2,7,9,19,21,30,34,36-37,40-41,44-49H,5-6,8,10-18,20,22-29,31-33,35H2/t44-,45-,46-/m1/s1. The van der Waals surface area contributed by atoms with E-state index in [-0.39, 0.29) is 0 Å². The minimum atomic E-state index is -0.887. The molecule has 0 fully saturated rings. The summed E-state index contributed by atoms with van der Waals surface area (Å²) in [5, 5.41) is 28.4. The first-order valence-electron chi connectivity index (χ1n) is 19.3. The SMILES string of the molecule is C#C[C@@H](O)C=CCCCCCCC#C[C@H](O)C#CC=CCCC=CCCCCC=CCCCCCCCCCCCCCC=C[C@H](O)C#C. The molecule has 0 saturated carbocycles. The molecule has 0 saturated heterocycles. The monoisotopic (exact) mass is 669 g/mol. The van der Waals surface area contributed by atoms with E-state index < -0.39 is 18.3 Å². The van der Waals surface area contributed by atoms with Gasteiger partial charge in [-0.1, -0.05) is 149 Å². The molecule has 0 amide bonds. The Bertz CT molecular complexity index is 1100. The zero-order valence-electron chi connectivity index (χ0n) is 30.7. The molecular weight excluding hydrogens is 601 g/mol. The first-order chi connectivity index (χ1) is 24.1. The summed E-state index contributed by atoms with van der Waals surface area (Å²) in [6.45, 7) is 0. The number of hydrogen-bond acceptors (Lipinski definition) is 3. The number of aliphatic hydroxyl groups excluding tert-OH is 3. The second kappa shape index (κ2) is 39.3. The highest BCUT2D eigenvalue weighted by Gasteiger charge is 1.95.